The first kappa shape index (κ1) is 15.2. The van der Waals surface area contributed by atoms with Crippen LogP contribution in [0, 0.1) is 5.82 Å². The molecule has 1 saturated heterocycles. The van der Waals surface area contributed by atoms with Gasteiger partial charge in [0, 0.05) is 31.7 Å². The first-order valence-corrected chi connectivity index (χ1v) is 7.71. The molecule has 1 aromatic rings. The van der Waals surface area contributed by atoms with Crippen molar-refractivity contribution in [1.29, 1.82) is 0 Å². The van der Waals surface area contributed by atoms with E-state index in [4.69, 9.17) is 4.74 Å². The van der Waals surface area contributed by atoms with Crippen LogP contribution in [0.5, 0.6) is 0 Å². The molecular formula is C17H21FN2O2. The lowest BCUT2D eigenvalue weighted by Gasteiger charge is -2.38. The van der Waals surface area contributed by atoms with Gasteiger partial charge in [-0.05, 0) is 30.5 Å². The summed E-state index contributed by atoms with van der Waals surface area (Å²) in [6.07, 6.45) is 5.38. The van der Waals surface area contributed by atoms with Crippen molar-refractivity contribution in [2.45, 2.75) is 24.3 Å². The van der Waals surface area contributed by atoms with Gasteiger partial charge in [-0.3, -0.25) is 10.1 Å². The zero-order chi connectivity index (χ0) is 15.4. The summed E-state index contributed by atoms with van der Waals surface area (Å²) >= 11 is 0. The lowest BCUT2D eigenvalue weighted by atomic mass is 9.74. The average Bonchev–Trinajstić information content (AvgIpc) is 3.08. The van der Waals surface area contributed by atoms with E-state index in [1.54, 1.807) is 12.1 Å². The van der Waals surface area contributed by atoms with Crippen LogP contribution in [-0.4, -0.2) is 38.3 Å². The summed E-state index contributed by atoms with van der Waals surface area (Å²) in [7, 11) is 0. The van der Waals surface area contributed by atoms with Gasteiger partial charge >= 0.3 is 0 Å². The molecule has 2 aliphatic rings. The number of carbonyl (C=O) groups excluding carboxylic acids is 1. The molecule has 0 aliphatic carbocycles. The number of hydrogen-bond acceptors (Lipinski definition) is 3. The highest BCUT2D eigenvalue weighted by Crippen LogP contribution is 2.34. The van der Waals surface area contributed by atoms with Crippen LogP contribution in [0.2, 0.25) is 0 Å². The highest BCUT2D eigenvalue weighted by molar-refractivity contribution is 5.84. The third kappa shape index (κ3) is 3.20. The van der Waals surface area contributed by atoms with E-state index in [1.807, 2.05) is 18.2 Å². The highest BCUT2D eigenvalue weighted by Gasteiger charge is 2.35. The summed E-state index contributed by atoms with van der Waals surface area (Å²) in [6, 6.07) is 6.43. The Bertz CT molecular complexity index is 568. The summed E-state index contributed by atoms with van der Waals surface area (Å²) in [5.41, 5.74) is 0.684. The van der Waals surface area contributed by atoms with Gasteiger partial charge in [0.25, 0.3) is 0 Å². The first-order valence-electron chi connectivity index (χ1n) is 7.71. The molecule has 0 radical (unpaired) electrons. The Morgan fingerprint density at radius 2 is 2.23 bits per heavy atom. The maximum Gasteiger partial charge on any atom is 0.241 e. The molecule has 5 heteroatoms. The van der Waals surface area contributed by atoms with E-state index in [1.165, 1.54) is 6.07 Å². The van der Waals surface area contributed by atoms with Crippen LogP contribution in [0.15, 0.2) is 36.4 Å². The van der Waals surface area contributed by atoms with Gasteiger partial charge in [0.1, 0.15) is 11.9 Å². The van der Waals surface area contributed by atoms with Crippen molar-refractivity contribution in [1.82, 2.24) is 10.6 Å². The van der Waals surface area contributed by atoms with E-state index < -0.39 is 0 Å². The monoisotopic (exact) mass is 304 g/mol. The number of halogens is 1. The third-order valence-corrected chi connectivity index (χ3v) is 4.55. The molecule has 2 N–H and O–H groups in total. The summed E-state index contributed by atoms with van der Waals surface area (Å²) in [4.78, 5) is 12.2. The second-order valence-electron chi connectivity index (χ2n) is 5.93. The first-order chi connectivity index (χ1) is 10.7. The average molecular weight is 304 g/mol. The number of carbonyl (C=O) groups is 1. The van der Waals surface area contributed by atoms with E-state index in [-0.39, 0.29) is 23.2 Å². The van der Waals surface area contributed by atoms with Crippen LogP contribution in [0.1, 0.15) is 18.4 Å². The Morgan fingerprint density at radius 3 is 2.91 bits per heavy atom. The Morgan fingerprint density at radius 1 is 1.41 bits per heavy atom. The summed E-state index contributed by atoms with van der Waals surface area (Å²) in [5, 5.41) is 6.12. The predicted molar refractivity (Wildman–Crippen MR) is 82.1 cm³/mol. The van der Waals surface area contributed by atoms with Crippen molar-refractivity contribution in [3.8, 4) is 0 Å². The maximum atomic E-state index is 13.6. The second-order valence-corrected chi connectivity index (χ2v) is 5.93. The molecule has 118 valence electrons. The van der Waals surface area contributed by atoms with Crippen molar-refractivity contribution in [3.05, 3.63) is 47.8 Å². The number of amides is 1. The van der Waals surface area contributed by atoms with Crippen LogP contribution >= 0.6 is 0 Å². The van der Waals surface area contributed by atoms with Gasteiger partial charge in [-0.2, -0.15) is 0 Å². The van der Waals surface area contributed by atoms with E-state index in [9.17, 15) is 9.18 Å². The van der Waals surface area contributed by atoms with Crippen LogP contribution in [-0.2, 0) is 14.9 Å². The molecular weight excluding hydrogens is 283 g/mol. The van der Waals surface area contributed by atoms with Gasteiger partial charge in [0.05, 0.1) is 0 Å². The molecule has 1 amide bonds. The Kier molecular flexibility index (Phi) is 4.55. The lowest BCUT2D eigenvalue weighted by Crippen LogP contribution is -2.48. The van der Waals surface area contributed by atoms with Crippen molar-refractivity contribution >= 4 is 5.91 Å². The molecule has 3 rings (SSSR count). The zero-order valence-corrected chi connectivity index (χ0v) is 12.5. The standard InChI is InChI=1S/C17H21FN2O2/c18-14-4-1-3-13(11-14)17(6-9-22-10-7-17)12-20-16(21)15-5-2-8-19-15/h1-5,11,15,19H,6-10,12H2,(H,20,21). The van der Waals surface area contributed by atoms with E-state index in [0.717, 1.165) is 24.9 Å². The number of rotatable bonds is 4. The minimum Gasteiger partial charge on any atom is -0.381 e. The molecule has 1 aromatic carbocycles. The zero-order valence-electron chi connectivity index (χ0n) is 12.5. The predicted octanol–water partition coefficient (Wildman–Crippen LogP) is 1.52. The largest absolute Gasteiger partial charge is 0.381 e. The molecule has 22 heavy (non-hydrogen) atoms. The molecule has 4 nitrogen and oxygen atoms in total. The summed E-state index contributed by atoms with van der Waals surface area (Å²) < 4.78 is 19.1. The Hall–Kier alpha value is -1.72. The fourth-order valence-electron chi connectivity index (χ4n) is 3.16. The molecule has 2 aliphatic heterocycles. The quantitative estimate of drug-likeness (QED) is 0.829. The minimum absolute atomic E-state index is 0.0315. The van der Waals surface area contributed by atoms with E-state index in [2.05, 4.69) is 10.6 Å². The maximum absolute atomic E-state index is 13.6. The van der Waals surface area contributed by atoms with Gasteiger partial charge in [-0.1, -0.05) is 24.3 Å². The van der Waals surface area contributed by atoms with Crippen LogP contribution in [0.3, 0.4) is 0 Å². The van der Waals surface area contributed by atoms with Crippen molar-refractivity contribution in [2.75, 3.05) is 26.3 Å². The number of ether oxygens (including phenoxy) is 1. The molecule has 0 spiro atoms. The van der Waals surface area contributed by atoms with Crippen LogP contribution in [0.25, 0.3) is 0 Å². The van der Waals surface area contributed by atoms with E-state index >= 15 is 0 Å². The second kappa shape index (κ2) is 6.58. The molecule has 2 heterocycles. The summed E-state index contributed by atoms with van der Waals surface area (Å²) in [6.45, 7) is 2.49. The van der Waals surface area contributed by atoms with Crippen molar-refractivity contribution in [3.63, 3.8) is 0 Å². The molecule has 1 fully saturated rings. The molecule has 0 bridgehead atoms. The normalized spacial score (nSPS) is 23.4. The third-order valence-electron chi connectivity index (χ3n) is 4.55. The summed E-state index contributed by atoms with van der Waals surface area (Å²) in [5.74, 6) is -0.272. The Labute approximate surface area is 129 Å². The fraction of sp³-hybridized carbons (Fsp3) is 0.471. The highest BCUT2D eigenvalue weighted by atomic mass is 19.1. The van der Waals surface area contributed by atoms with Crippen molar-refractivity contribution < 1.29 is 13.9 Å². The molecule has 0 aromatic heterocycles. The SMILES string of the molecule is O=C(NCC1(c2cccc(F)c2)CCOCC1)C1C=CCN1. The van der Waals surface area contributed by atoms with Gasteiger partial charge in [-0.25, -0.2) is 4.39 Å². The number of benzene rings is 1. The van der Waals surface area contributed by atoms with Crippen molar-refractivity contribution in [2.24, 2.45) is 0 Å². The van der Waals surface area contributed by atoms with Crippen LogP contribution < -0.4 is 10.6 Å². The smallest absolute Gasteiger partial charge is 0.241 e. The Balaban J connectivity index is 1.74. The van der Waals surface area contributed by atoms with E-state index in [0.29, 0.717) is 19.8 Å². The van der Waals surface area contributed by atoms with Gasteiger partial charge in [-0.15, -0.1) is 0 Å². The molecule has 0 saturated carbocycles. The minimum atomic E-state index is -0.260. The van der Waals surface area contributed by atoms with Crippen LogP contribution in [0.4, 0.5) is 4.39 Å². The molecule has 1 unspecified atom stereocenters. The molecule has 1 atom stereocenters. The van der Waals surface area contributed by atoms with Gasteiger partial charge < -0.3 is 10.1 Å². The topological polar surface area (TPSA) is 50.4 Å². The number of nitrogens with one attached hydrogen (secondary N) is 2. The van der Waals surface area contributed by atoms with Gasteiger partial charge in [0.2, 0.25) is 5.91 Å². The number of hydrogen-bond donors (Lipinski definition) is 2. The fourth-order valence-corrected chi connectivity index (χ4v) is 3.16. The van der Waals surface area contributed by atoms with Gasteiger partial charge in [0.15, 0.2) is 0 Å². The lowest BCUT2D eigenvalue weighted by molar-refractivity contribution is -0.122.